The van der Waals surface area contributed by atoms with Crippen molar-refractivity contribution >= 4 is 40.6 Å². The molecule has 6 heteroatoms. The lowest BCUT2D eigenvalue weighted by Gasteiger charge is -2.28. The van der Waals surface area contributed by atoms with Crippen molar-refractivity contribution in [1.29, 1.82) is 0 Å². The minimum atomic E-state index is -1.02. The van der Waals surface area contributed by atoms with Crippen LogP contribution in [0.25, 0.3) is 0 Å². The number of benzene rings is 2. The molecule has 2 aromatic rings. The Hall–Kier alpha value is -1.42. The molecule has 0 aliphatic carbocycles. The Bertz CT molecular complexity index is 685. The summed E-state index contributed by atoms with van der Waals surface area (Å²) in [5.74, 6) is 1.02. The van der Waals surface area contributed by atoms with Gasteiger partial charge in [-0.05, 0) is 12.1 Å². The summed E-state index contributed by atoms with van der Waals surface area (Å²) in [6.45, 7) is 0.0520. The highest BCUT2D eigenvalue weighted by molar-refractivity contribution is 6.32. The smallest absolute Gasteiger partial charge is 0.174 e. The molecular weight excluding hydrogens is 371 g/mol. The molecule has 0 N–H and O–H groups in total. The van der Waals surface area contributed by atoms with Gasteiger partial charge in [0.25, 0.3) is 0 Å². The maximum atomic E-state index is 12.8. The van der Waals surface area contributed by atoms with Gasteiger partial charge in [-0.3, -0.25) is 4.79 Å². The van der Waals surface area contributed by atoms with Gasteiger partial charge in [0.2, 0.25) is 0 Å². The van der Waals surface area contributed by atoms with Gasteiger partial charge in [-0.1, -0.05) is 41.9 Å². The van der Waals surface area contributed by atoms with Crippen LogP contribution in [-0.4, -0.2) is 31.3 Å². The zero-order chi connectivity index (χ0) is 17.6. The second-order valence-electron chi connectivity index (χ2n) is 5.33. The van der Waals surface area contributed by atoms with Gasteiger partial charge in [0.15, 0.2) is 5.78 Å². The van der Waals surface area contributed by atoms with Gasteiger partial charge in [0, 0.05) is 23.4 Å². The summed E-state index contributed by atoms with van der Waals surface area (Å²) >= 11 is 18.2. The van der Waals surface area contributed by atoms with E-state index in [0.717, 1.165) is 0 Å². The lowest BCUT2D eigenvalue weighted by molar-refractivity contribution is 0.0764. The molecule has 0 heterocycles. The highest BCUT2D eigenvalue weighted by atomic mass is 35.5. The molecule has 0 bridgehead atoms. The maximum Gasteiger partial charge on any atom is 0.174 e. The number of Topliss-reactive ketones (excluding diaryl/α,β-unsaturated/α-hetero) is 1. The van der Waals surface area contributed by atoms with E-state index in [1.807, 2.05) is 6.07 Å². The third kappa shape index (κ3) is 4.15. The van der Waals surface area contributed by atoms with Crippen molar-refractivity contribution in [2.45, 2.75) is 0 Å². The molecule has 2 rings (SSSR count). The van der Waals surface area contributed by atoms with E-state index in [1.54, 1.807) is 42.5 Å². The molecule has 0 spiro atoms. The van der Waals surface area contributed by atoms with E-state index in [2.05, 4.69) is 0 Å². The van der Waals surface area contributed by atoms with Gasteiger partial charge >= 0.3 is 0 Å². The Morgan fingerprint density at radius 2 is 1.75 bits per heavy atom. The summed E-state index contributed by atoms with van der Waals surface area (Å²) in [7, 11) is 1.53. The lowest BCUT2D eigenvalue weighted by Crippen LogP contribution is -2.41. The summed E-state index contributed by atoms with van der Waals surface area (Å²) in [4.78, 5) is 12.8. The number of carbonyl (C=O) groups is 1. The number of rotatable bonds is 8. The standard InChI is InChI=1S/C18H17Cl3O3/c1-23-16-8-7-14(9-15(16)21)24-12-18(10-19,11-20)17(22)13-5-3-2-4-6-13/h2-9H,10-12H2,1H3. The third-order valence-electron chi connectivity index (χ3n) is 3.67. The van der Waals surface area contributed by atoms with Crippen molar-refractivity contribution in [2.24, 2.45) is 5.41 Å². The number of ether oxygens (including phenoxy) is 2. The number of methoxy groups -OCH3 is 1. The number of ketones is 1. The first kappa shape index (κ1) is 18.9. The summed E-state index contributed by atoms with van der Waals surface area (Å²) < 4.78 is 10.8. The van der Waals surface area contributed by atoms with E-state index in [-0.39, 0.29) is 24.2 Å². The van der Waals surface area contributed by atoms with E-state index < -0.39 is 5.41 Å². The molecule has 128 valence electrons. The SMILES string of the molecule is COc1ccc(OCC(CCl)(CCl)C(=O)c2ccccc2)cc1Cl. The zero-order valence-electron chi connectivity index (χ0n) is 13.1. The first-order valence-corrected chi connectivity index (χ1v) is 8.69. The molecule has 0 saturated carbocycles. The molecular formula is C18H17Cl3O3. The predicted molar refractivity (Wildman–Crippen MR) is 98.1 cm³/mol. The highest BCUT2D eigenvalue weighted by Gasteiger charge is 2.38. The van der Waals surface area contributed by atoms with Crippen LogP contribution >= 0.6 is 34.8 Å². The highest BCUT2D eigenvalue weighted by Crippen LogP contribution is 2.31. The number of carbonyl (C=O) groups excluding carboxylic acids is 1. The topological polar surface area (TPSA) is 35.5 Å². The molecule has 3 nitrogen and oxygen atoms in total. The normalized spacial score (nSPS) is 11.2. The van der Waals surface area contributed by atoms with E-state index in [4.69, 9.17) is 44.3 Å². The Balaban J connectivity index is 2.19. The fourth-order valence-corrected chi connectivity index (χ4v) is 3.08. The molecule has 0 fully saturated rings. The van der Waals surface area contributed by atoms with Crippen molar-refractivity contribution in [1.82, 2.24) is 0 Å². The molecule has 0 amide bonds. The third-order valence-corrected chi connectivity index (χ3v) is 4.99. The monoisotopic (exact) mass is 386 g/mol. The molecule has 0 aliphatic heterocycles. The molecule has 2 aromatic carbocycles. The second-order valence-corrected chi connectivity index (χ2v) is 6.27. The summed E-state index contributed by atoms with van der Waals surface area (Å²) in [6, 6.07) is 13.9. The second kappa shape index (κ2) is 8.61. The number of alkyl halides is 2. The van der Waals surface area contributed by atoms with Crippen LogP contribution in [0.3, 0.4) is 0 Å². The van der Waals surface area contributed by atoms with E-state index in [9.17, 15) is 4.79 Å². The van der Waals surface area contributed by atoms with Gasteiger partial charge in [-0.15, -0.1) is 23.2 Å². The van der Waals surface area contributed by atoms with Gasteiger partial charge < -0.3 is 9.47 Å². The molecule has 0 aliphatic rings. The van der Waals surface area contributed by atoms with Crippen molar-refractivity contribution in [3.63, 3.8) is 0 Å². The van der Waals surface area contributed by atoms with E-state index in [1.165, 1.54) is 7.11 Å². The van der Waals surface area contributed by atoms with Crippen molar-refractivity contribution in [3.05, 3.63) is 59.1 Å². The first-order chi connectivity index (χ1) is 11.6. The van der Waals surface area contributed by atoms with E-state index >= 15 is 0 Å². The summed E-state index contributed by atoms with van der Waals surface area (Å²) in [5.41, 5.74) is -0.466. The molecule has 0 saturated heterocycles. The average Bonchev–Trinajstić information content (AvgIpc) is 2.63. The molecule has 0 atom stereocenters. The van der Waals surface area contributed by atoms with Crippen LogP contribution in [0.15, 0.2) is 48.5 Å². The number of halogens is 3. The van der Waals surface area contributed by atoms with Gasteiger partial charge in [-0.25, -0.2) is 0 Å². The molecule has 0 unspecified atom stereocenters. The Morgan fingerprint density at radius 1 is 1.08 bits per heavy atom. The molecule has 24 heavy (non-hydrogen) atoms. The molecule has 0 aromatic heterocycles. The zero-order valence-corrected chi connectivity index (χ0v) is 15.4. The van der Waals surface area contributed by atoms with Crippen molar-refractivity contribution < 1.29 is 14.3 Å². The largest absolute Gasteiger partial charge is 0.495 e. The quantitative estimate of drug-likeness (QED) is 0.468. The van der Waals surface area contributed by atoms with Gasteiger partial charge in [-0.2, -0.15) is 0 Å². The Kier molecular flexibility index (Phi) is 6.79. The number of hydrogen-bond donors (Lipinski definition) is 0. The predicted octanol–water partition coefficient (Wildman–Crippen LogP) is 5.07. The van der Waals surface area contributed by atoms with Crippen LogP contribution in [-0.2, 0) is 0 Å². The van der Waals surface area contributed by atoms with Gasteiger partial charge in [0.1, 0.15) is 18.1 Å². The van der Waals surface area contributed by atoms with Crippen LogP contribution in [0.5, 0.6) is 11.5 Å². The van der Waals surface area contributed by atoms with Crippen LogP contribution in [0.4, 0.5) is 0 Å². The van der Waals surface area contributed by atoms with Crippen LogP contribution < -0.4 is 9.47 Å². The van der Waals surface area contributed by atoms with Crippen LogP contribution in [0.1, 0.15) is 10.4 Å². The fraction of sp³-hybridized carbons (Fsp3) is 0.278. The summed E-state index contributed by atoms with van der Waals surface area (Å²) in [5, 5.41) is 0.423. The minimum absolute atomic E-state index is 0.0497. The Morgan fingerprint density at radius 3 is 2.29 bits per heavy atom. The maximum absolute atomic E-state index is 12.8. The fourth-order valence-electron chi connectivity index (χ4n) is 2.15. The minimum Gasteiger partial charge on any atom is -0.495 e. The number of hydrogen-bond acceptors (Lipinski definition) is 3. The van der Waals surface area contributed by atoms with Crippen molar-refractivity contribution in [2.75, 3.05) is 25.5 Å². The van der Waals surface area contributed by atoms with E-state index in [0.29, 0.717) is 22.1 Å². The van der Waals surface area contributed by atoms with Gasteiger partial charge in [0.05, 0.1) is 17.5 Å². The van der Waals surface area contributed by atoms with Crippen molar-refractivity contribution in [3.8, 4) is 11.5 Å². The van der Waals surface area contributed by atoms with Crippen LogP contribution in [0, 0.1) is 5.41 Å². The van der Waals surface area contributed by atoms with Crippen LogP contribution in [0.2, 0.25) is 5.02 Å². The average molecular weight is 388 g/mol. The summed E-state index contributed by atoms with van der Waals surface area (Å²) in [6.07, 6.45) is 0. The first-order valence-electron chi connectivity index (χ1n) is 7.24. The molecule has 0 radical (unpaired) electrons. The Labute approximate surface area is 156 Å². The lowest BCUT2D eigenvalue weighted by atomic mass is 9.84.